The lowest BCUT2D eigenvalue weighted by Crippen LogP contribution is -2.47. The Morgan fingerprint density at radius 1 is 1.16 bits per heavy atom. The quantitative estimate of drug-likeness (QED) is 0.612. The van der Waals surface area contributed by atoms with Crippen molar-refractivity contribution in [3.8, 4) is 0 Å². The molecule has 0 bridgehead atoms. The zero-order valence-corrected chi connectivity index (χ0v) is 14.9. The van der Waals surface area contributed by atoms with Gasteiger partial charge in [-0.3, -0.25) is 19.4 Å². The molecule has 3 amide bonds. The van der Waals surface area contributed by atoms with Crippen molar-refractivity contribution >= 4 is 17.9 Å². The first-order valence-electron chi connectivity index (χ1n) is 8.29. The van der Waals surface area contributed by atoms with Crippen LogP contribution in [0.4, 0.5) is 4.79 Å². The highest BCUT2D eigenvalue weighted by Gasteiger charge is 2.39. The Kier molecular flexibility index (Phi) is 4.14. The minimum atomic E-state index is -0.604. The molecule has 0 spiro atoms. The van der Waals surface area contributed by atoms with E-state index in [1.807, 2.05) is 13.0 Å². The lowest BCUT2D eigenvalue weighted by molar-refractivity contribution is 0.0207. The fraction of sp³-hybridized carbons (Fsp3) is 0.421. The van der Waals surface area contributed by atoms with Crippen molar-refractivity contribution in [1.82, 2.24) is 9.80 Å². The maximum atomic E-state index is 12.5. The molecule has 2 aliphatic heterocycles. The fourth-order valence-corrected chi connectivity index (χ4v) is 3.12. The molecule has 0 radical (unpaired) electrons. The van der Waals surface area contributed by atoms with Crippen molar-refractivity contribution in [2.75, 3.05) is 13.1 Å². The molecule has 0 saturated carbocycles. The van der Waals surface area contributed by atoms with Crippen molar-refractivity contribution in [2.24, 2.45) is 0 Å². The van der Waals surface area contributed by atoms with Crippen LogP contribution >= 0.6 is 0 Å². The van der Waals surface area contributed by atoms with Gasteiger partial charge in [0.2, 0.25) is 0 Å². The van der Waals surface area contributed by atoms with Gasteiger partial charge in [0.05, 0.1) is 23.7 Å². The summed E-state index contributed by atoms with van der Waals surface area (Å²) in [5.41, 5.74) is 1.23. The van der Waals surface area contributed by atoms with Crippen LogP contribution in [0.15, 0.2) is 35.9 Å². The van der Waals surface area contributed by atoms with Gasteiger partial charge in [0.25, 0.3) is 11.8 Å². The summed E-state index contributed by atoms with van der Waals surface area (Å²) < 4.78 is 5.45. The number of amides is 3. The number of ether oxygens (including phenoxy) is 1. The lowest BCUT2D eigenvalue weighted by Gasteiger charge is -2.30. The standard InChI is InChI=1S/C19H22N2O4/c1-12-9-13(20(10-12)18(24)25-19(2,3)4)11-21-16(22)14-7-5-6-8-15(14)17(21)23/h5-9,13H,10-11H2,1-4H3/t13-/m0/s1. The third-order valence-electron chi connectivity index (χ3n) is 4.17. The van der Waals surface area contributed by atoms with Crippen molar-refractivity contribution < 1.29 is 19.1 Å². The molecule has 25 heavy (non-hydrogen) atoms. The van der Waals surface area contributed by atoms with Gasteiger partial charge < -0.3 is 4.74 Å². The van der Waals surface area contributed by atoms with Crippen LogP contribution in [0.5, 0.6) is 0 Å². The third-order valence-corrected chi connectivity index (χ3v) is 4.17. The van der Waals surface area contributed by atoms with Crippen molar-refractivity contribution in [3.05, 3.63) is 47.0 Å². The van der Waals surface area contributed by atoms with E-state index in [0.29, 0.717) is 17.7 Å². The maximum Gasteiger partial charge on any atom is 0.411 e. The molecule has 3 rings (SSSR count). The fourth-order valence-electron chi connectivity index (χ4n) is 3.12. The summed E-state index contributed by atoms with van der Waals surface area (Å²) in [5, 5.41) is 0. The summed E-state index contributed by atoms with van der Waals surface area (Å²) in [6.45, 7) is 7.90. The van der Waals surface area contributed by atoms with Gasteiger partial charge in [-0.05, 0) is 39.8 Å². The van der Waals surface area contributed by atoms with Gasteiger partial charge in [-0.15, -0.1) is 0 Å². The molecule has 0 N–H and O–H groups in total. The molecule has 1 atom stereocenters. The zero-order chi connectivity index (χ0) is 18.4. The van der Waals surface area contributed by atoms with E-state index >= 15 is 0 Å². The average molecular weight is 342 g/mol. The van der Waals surface area contributed by atoms with Gasteiger partial charge in [0, 0.05) is 6.54 Å². The van der Waals surface area contributed by atoms with Crippen LogP contribution in [-0.2, 0) is 4.74 Å². The molecule has 0 saturated heterocycles. The number of nitrogens with zero attached hydrogens (tertiary/aromatic N) is 2. The Hall–Kier alpha value is -2.63. The number of fused-ring (bicyclic) bond motifs is 1. The van der Waals surface area contributed by atoms with Crippen LogP contribution in [0.2, 0.25) is 0 Å². The number of hydrogen-bond acceptors (Lipinski definition) is 4. The van der Waals surface area contributed by atoms with Gasteiger partial charge >= 0.3 is 6.09 Å². The number of rotatable bonds is 2. The topological polar surface area (TPSA) is 66.9 Å². The molecule has 0 unspecified atom stereocenters. The summed E-state index contributed by atoms with van der Waals surface area (Å²) >= 11 is 0. The summed E-state index contributed by atoms with van der Waals surface area (Å²) in [6, 6.07) is 6.39. The minimum Gasteiger partial charge on any atom is -0.444 e. The van der Waals surface area contributed by atoms with E-state index in [9.17, 15) is 14.4 Å². The smallest absolute Gasteiger partial charge is 0.411 e. The highest BCUT2D eigenvalue weighted by atomic mass is 16.6. The second-order valence-electron chi connectivity index (χ2n) is 7.46. The number of carbonyl (C=O) groups excluding carboxylic acids is 3. The van der Waals surface area contributed by atoms with Crippen molar-refractivity contribution in [2.45, 2.75) is 39.3 Å². The van der Waals surface area contributed by atoms with E-state index in [1.165, 1.54) is 4.90 Å². The van der Waals surface area contributed by atoms with Gasteiger partial charge in [-0.1, -0.05) is 23.8 Å². The maximum absolute atomic E-state index is 12.5. The summed E-state index contributed by atoms with van der Waals surface area (Å²) in [6.07, 6.45) is 1.47. The van der Waals surface area contributed by atoms with E-state index in [1.54, 1.807) is 49.9 Å². The number of benzene rings is 1. The van der Waals surface area contributed by atoms with Crippen LogP contribution in [0.25, 0.3) is 0 Å². The second-order valence-corrected chi connectivity index (χ2v) is 7.46. The minimum absolute atomic E-state index is 0.128. The zero-order valence-electron chi connectivity index (χ0n) is 14.9. The Labute approximate surface area is 147 Å². The van der Waals surface area contributed by atoms with Gasteiger partial charge in [0.1, 0.15) is 5.60 Å². The first-order chi connectivity index (χ1) is 11.7. The molecule has 6 nitrogen and oxygen atoms in total. The van der Waals surface area contributed by atoms with E-state index < -0.39 is 11.7 Å². The normalized spacial score (nSPS) is 20.0. The van der Waals surface area contributed by atoms with E-state index in [0.717, 1.165) is 5.57 Å². The van der Waals surface area contributed by atoms with Crippen LogP contribution in [0.3, 0.4) is 0 Å². The molecule has 0 aliphatic carbocycles. The molecule has 2 aliphatic rings. The molecular weight excluding hydrogens is 320 g/mol. The molecule has 132 valence electrons. The summed E-state index contributed by atoms with van der Waals surface area (Å²) in [5.74, 6) is -0.634. The molecule has 6 heteroatoms. The summed E-state index contributed by atoms with van der Waals surface area (Å²) in [7, 11) is 0. The van der Waals surface area contributed by atoms with E-state index in [-0.39, 0.29) is 24.4 Å². The molecule has 2 heterocycles. The monoisotopic (exact) mass is 342 g/mol. The van der Waals surface area contributed by atoms with Crippen LogP contribution in [0.1, 0.15) is 48.4 Å². The van der Waals surface area contributed by atoms with E-state index in [2.05, 4.69) is 0 Å². The van der Waals surface area contributed by atoms with E-state index in [4.69, 9.17) is 4.74 Å². The highest BCUT2D eigenvalue weighted by molar-refractivity contribution is 6.21. The molecule has 1 aromatic carbocycles. The first-order valence-corrected chi connectivity index (χ1v) is 8.29. The number of imide groups is 1. The molecular formula is C19H22N2O4. The van der Waals surface area contributed by atoms with Gasteiger partial charge in [0.15, 0.2) is 0 Å². The number of carbonyl (C=O) groups is 3. The SMILES string of the molecule is CC1=C[C@@H](CN2C(=O)c3ccccc3C2=O)N(C(=O)OC(C)(C)C)C1. The molecule has 0 aromatic heterocycles. The highest BCUT2D eigenvalue weighted by Crippen LogP contribution is 2.26. The van der Waals surface area contributed by atoms with Crippen LogP contribution in [0, 0.1) is 0 Å². The van der Waals surface area contributed by atoms with Gasteiger partial charge in [-0.2, -0.15) is 0 Å². The van der Waals surface area contributed by atoms with Crippen molar-refractivity contribution in [1.29, 1.82) is 0 Å². The Morgan fingerprint density at radius 2 is 1.72 bits per heavy atom. The van der Waals surface area contributed by atoms with Gasteiger partial charge in [-0.25, -0.2) is 4.79 Å². The first kappa shape index (κ1) is 17.2. The largest absolute Gasteiger partial charge is 0.444 e. The average Bonchev–Trinajstić information content (AvgIpc) is 3.00. The second kappa shape index (κ2) is 6.02. The van der Waals surface area contributed by atoms with Crippen LogP contribution < -0.4 is 0 Å². The number of hydrogen-bond donors (Lipinski definition) is 0. The lowest BCUT2D eigenvalue weighted by atomic mass is 10.1. The predicted octanol–water partition coefficient (Wildman–Crippen LogP) is 2.85. The third kappa shape index (κ3) is 3.29. The predicted molar refractivity (Wildman–Crippen MR) is 92.3 cm³/mol. The van der Waals surface area contributed by atoms with Crippen molar-refractivity contribution in [3.63, 3.8) is 0 Å². The summed E-state index contributed by atoms with van der Waals surface area (Å²) in [4.78, 5) is 40.3. The molecule has 1 aromatic rings. The Bertz CT molecular complexity index is 741. The Morgan fingerprint density at radius 3 is 2.24 bits per heavy atom. The molecule has 0 fully saturated rings. The Balaban J connectivity index is 1.78. The van der Waals surface area contributed by atoms with Crippen LogP contribution in [-0.4, -0.2) is 52.4 Å².